The molecule has 0 saturated carbocycles. The topological polar surface area (TPSA) is 61.1 Å². The number of nitrogens with one attached hydrogen (secondary N) is 1. The van der Waals surface area contributed by atoms with Crippen LogP contribution in [0.15, 0.2) is 0 Å². The van der Waals surface area contributed by atoms with Crippen LogP contribution in [0.25, 0.3) is 0 Å². The van der Waals surface area contributed by atoms with E-state index in [0.717, 1.165) is 0 Å². The van der Waals surface area contributed by atoms with Crippen molar-refractivity contribution in [3.8, 4) is 0 Å². The molecule has 0 aliphatic rings. The van der Waals surface area contributed by atoms with Gasteiger partial charge in [-0.3, -0.25) is 10.5 Å². The van der Waals surface area contributed by atoms with Gasteiger partial charge in [-0.1, -0.05) is 6.92 Å². The molecule has 2 N–H and O–H groups in total. The van der Waals surface area contributed by atoms with Crippen LogP contribution in [0.4, 0.5) is 0 Å². The molecule has 1 amide bonds. The normalized spacial score (nSPS) is 13.1. The van der Waals surface area contributed by atoms with Crippen molar-refractivity contribution in [2.45, 2.75) is 32.3 Å². The minimum atomic E-state index is -0.595. The Labute approximate surface area is 54.9 Å². The Morgan fingerprint density at radius 2 is 2.33 bits per heavy atom. The quantitative estimate of drug-likeness (QED) is 0.596. The zero-order valence-electron chi connectivity index (χ0n) is 5.55. The third-order valence-corrected chi connectivity index (χ3v) is 1.18. The first-order chi connectivity index (χ1) is 4.16. The molecule has 1 radical (unpaired) electrons. The summed E-state index contributed by atoms with van der Waals surface area (Å²) in [5.74, 6) is -0.595. The van der Waals surface area contributed by atoms with Gasteiger partial charge in [-0.15, -0.1) is 0 Å². The van der Waals surface area contributed by atoms with Crippen LogP contribution >= 0.6 is 0 Å². The molecule has 1 atom stereocenters. The first-order valence-electron chi connectivity index (χ1n) is 3.09. The van der Waals surface area contributed by atoms with Gasteiger partial charge in [0.15, 0.2) is 0 Å². The third-order valence-electron chi connectivity index (χ3n) is 1.18. The molecule has 3 heteroatoms. The molecule has 9 heavy (non-hydrogen) atoms. The zero-order valence-corrected chi connectivity index (χ0v) is 5.55. The largest absolute Gasteiger partial charge is 0.393 e. The summed E-state index contributed by atoms with van der Waals surface area (Å²) < 4.78 is 0. The molecule has 53 valence electrons. The lowest BCUT2D eigenvalue weighted by molar-refractivity contribution is -0.119. The van der Waals surface area contributed by atoms with Crippen molar-refractivity contribution in [3.05, 3.63) is 0 Å². The number of carbonyl (C=O) groups is 1. The summed E-state index contributed by atoms with van der Waals surface area (Å²) in [6.45, 7) is 1.85. The van der Waals surface area contributed by atoms with E-state index in [0.29, 0.717) is 12.8 Å². The molecule has 0 aliphatic heterocycles. The van der Waals surface area contributed by atoms with Gasteiger partial charge in [0.25, 0.3) is 0 Å². The van der Waals surface area contributed by atoms with E-state index < -0.39 is 12.0 Å². The monoisotopic (exact) mass is 130 g/mol. The minimum Gasteiger partial charge on any atom is -0.393 e. The van der Waals surface area contributed by atoms with Crippen molar-refractivity contribution >= 4 is 5.91 Å². The van der Waals surface area contributed by atoms with Gasteiger partial charge in [-0.2, -0.15) is 0 Å². The second kappa shape index (κ2) is 4.32. The molecule has 1 unspecified atom stereocenters. The molecule has 3 nitrogen and oxygen atoms in total. The van der Waals surface area contributed by atoms with Gasteiger partial charge in [0, 0.05) is 6.42 Å². The molecule has 0 bridgehead atoms. The number of hydrogen-bond donors (Lipinski definition) is 1. The number of amides is 1. The Kier molecular flexibility index (Phi) is 4.05. The number of aliphatic hydroxyl groups is 1. The van der Waals surface area contributed by atoms with E-state index in [4.69, 9.17) is 10.8 Å². The van der Waals surface area contributed by atoms with Gasteiger partial charge in [0.1, 0.15) is 0 Å². The van der Waals surface area contributed by atoms with Crippen molar-refractivity contribution in [2.24, 2.45) is 0 Å². The summed E-state index contributed by atoms with van der Waals surface area (Å²) in [7, 11) is 0. The van der Waals surface area contributed by atoms with E-state index in [2.05, 4.69) is 0 Å². The Hall–Kier alpha value is -0.570. The summed E-state index contributed by atoms with van der Waals surface area (Å²) in [6, 6.07) is 0. The van der Waals surface area contributed by atoms with Gasteiger partial charge < -0.3 is 5.11 Å². The molecule has 0 spiro atoms. The van der Waals surface area contributed by atoms with Crippen molar-refractivity contribution in [1.82, 2.24) is 5.73 Å². The van der Waals surface area contributed by atoms with Crippen molar-refractivity contribution < 1.29 is 9.90 Å². The minimum absolute atomic E-state index is 0.176. The van der Waals surface area contributed by atoms with Gasteiger partial charge >= 0.3 is 0 Å². The van der Waals surface area contributed by atoms with E-state index in [9.17, 15) is 4.79 Å². The highest BCUT2D eigenvalue weighted by Crippen LogP contribution is 1.99. The molecule has 0 aromatic rings. The molecule has 0 fully saturated rings. The van der Waals surface area contributed by atoms with E-state index in [1.165, 1.54) is 0 Å². The predicted octanol–water partition coefficient (Wildman–Crippen LogP) is 0.347. The maximum atomic E-state index is 10.0. The van der Waals surface area contributed by atoms with E-state index in [-0.39, 0.29) is 6.42 Å². The van der Waals surface area contributed by atoms with Crippen molar-refractivity contribution in [1.29, 1.82) is 0 Å². The average Bonchev–Trinajstić information content (AvgIpc) is 1.83. The lowest BCUT2D eigenvalue weighted by atomic mass is 10.1. The van der Waals surface area contributed by atoms with Gasteiger partial charge in [-0.05, 0) is 12.8 Å². The highest BCUT2D eigenvalue weighted by atomic mass is 16.3. The second-order valence-corrected chi connectivity index (χ2v) is 2.02. The molecule has 0 saturated heterocycles. The maximum absolute atomic E-state index is 10.0. The van der Waals surface area contributed by atoms with Crippen LogP contribution < -0.4 is 5.73 Å². The highest BCUT2D eigenvalue weighted by molar-refractivity contribution is 5.72. The first-order valence-corrected chi connectivity index (χ1v) is 3.09. The first kappa shape index (κ1) is 8.43. The van der Waals surface area contributed by atoms with E-state index in [1.807, 2.05) is 6.92 Å². The van der Waals surface area contributed by atoms with Gasteiger partial charge in [-0.25, -0.2) is 0 Å². The lowest BCUT2D eigenvalue weighted by Crippen LogP contribution is -2.08. The van der Waals surface area contributed by atoms with Crippen LogP contribution in [0.2, 0.25) is 0 Å². The Bertz CT molecular complexity index is 93.1. The fourth-order valence-corrected chi connectivity index (χ4v) is 0.502. The van der Waals surface area contributed by atoms with Crippen molar-refractivity contribution in [2.75, 3.05) is 0 Å². The summed E-state index contributed by atoms with van der Waals surface area (Å²) in [4.78, 5) is 10.0. The van der Waals surface area contributed by atoms with Crippen LogP contribution in [0.3, 0.4) is 0 Å². The number of carbonyl (C=O) groups excluding carboxylic acids is 1. The number of aliphatic hydroxyl groups excluding tert-OH is 1. The molecular formula is C6H12NO2. The fraction of sp³-hybridized carbons (Fsp3) is 0.833. The van der Waals surface area contributed by atoms with Crippen LogP contribution in [-0.4, -0.2) is 17.1 Å². The fourth-order valence-electron chi connectivity index (χ4n) is 0.502. The Balaban J connectivity index is 3.16. The summed E-state index contributed by atoms with van der Waals surface area (Å²) >= 11 is 0. The standard InChI is InChI=1S/C6H12NO2/c1-2-5(8)3-4-6(7)9/h5,7-8H,2-4H2,1H3. The smallest absolute Gasteiger partial charge is 0.238 e. The molecule has 0 aliphatic carbocycles. The van der Waals surface area contributed by atoms with Crippen LogP contribution in [0.5, 0.6) is 0 Å². The second-order valence-electron chi connectivity index (χ2n) is 2.02. The van der Waals surface area contributed by atoms with E-state index in [1.54, 1.807) is 0 Å². The summed E-state index contributed by atoms with van der Waals surface area (Å²) in [6.07, 6.45) is 0.862. The Morgan fingerprint density at radius 3 is 2.67 bits per heavy atom. The lowest BCUT2D eigenvalue weighted by Gasteiger charge is -2.02. The van der Waals surface area contributed by atoms with Gasteiger partial charge in [0.2, 0.25) is 5.91 Å². The summed E-state index contributed by atoms with van der Waals surface area (Å²) in [5, 5.41) is 8.87. The van der Waals surface area contributed by atoms with Crippen LogP contribution in [-0.2, 0) is 4.79 Å². The number of hydrogen-bond acceptors (Lipinski definition) is 2. The molecule has 0 aromatic carbocycles. The zero-order chi connectivity index (χ0) is 7.28. The maximum Gasteiger partial charge on any atom is 0.238 e. The molecule has 0 heterocycles. The third kappa shape index (κ3) is 5.30. The van der Waals surface area contributed by atoms with Gasteiger partial charge in [0.05, 0.1) is 6.10 Å². The SMILES string of the molecule is CCC(O)CCC([NH])=O. The molecule has 0 rings (SSSR count). The average molecular weight is 130 g/mol. The summed E-state index contributed by atoms with van der Waals surface area (Å²) in [5.41, 5.74) is 6.50. The van der Waals surface area contributed by atoms with Crippen LogP contribution in [0, 0.1) is 0 Å². The van der Waals surface area contributed by atoms with Crippen molar-refractivity contribution in [3.63, 3.8) is 0 Å². The Morgan fingerprint density at radius 1 is 1.78 bits per heavy atom. The predicted molar refractivity (Wildman–Crippen MR) is 33.6 cm³/mol. The molecular weight excluding hydrogens is 118 g/mol. The molecule has 0 aromatic heterocycles. The van der Waals surface area contributed by atoms with E-state index >= 15 is 0 Å². The number of rotatable bonds is 4. The van der Waals surface area contributed by atoms with Crippen LogP contribution in [0.1, 0.15) is 26.2 Å². The highest BCUT2D eigenvalue weighted by Gasteiger charge is 2.02.